The minimum atomic E-state index is -0.326. The number of nitrogens with zero attached hydrogens (tertiary/aromatic N) is 2. The van der Waals surface area contributed by atoms with Crippen molar-refractivity contribution in [3.8, 4) is 6.07 Å². The zero-order valence-electron chi connectivity index (χ0n) is 5.99. The van der Waals surface area contributed by atoms with Gasteiger partial charge in [0.15, 0.2) is 5.78 Å². The van der Waals surface area contributed by atoms with Crippen LogP contribution in [0.1, 0.15) is 12.8 Å². The lowest BCUT2D eigenvalue weighted by atomic mass is 10.1. The average Bonchev–Trinajstić information content (AvgIpc) is 2.37. The summed E-state index contributed by atoms with van der Waals surface area (Å²) in [6.07, 6.45) is 0.756. The Morgan fingerprint density at radius 1 is 1.73 bits per heavy atom. The number of Topliss-reactive ketones (excluding diaryl/α,β-unsaturated/α-hetero) is 1. The van der Waals surface area contributed by atoms with Gasteiger partial charge in [-0.15, -0.1) is 0 Å². The van der Waals surface area contributed by atoms with Crippen LogP contribution in [0.3, 0.4) is 0 Å². The van der Waals surface area contributed by atoms with Crippen LogP contribution in [0.25, 0.3) is 0 Å². The minimum Gasteiger partial charge on any atom is -0.297 e. The number of fused-ring (bicyclic) bond motifs is 2. The van der Waals surface area contributed by atoms with E-state index in [1.807, 2.05) is 0 Å². The fourth-order valence-electron chi connectivity index (χ4n) is 1.50. The molecule has 0 amide bonds. The highest BCUT2D eigenvalue weighted by molar-refractivity contribution is 5.84. The summed E-state index contributed by atoms with van der Waals surface area (Å²) < 4.78 is 0. The van der Waals surface area contributed by atoms with Gasteiger partial charge in [-0.25, -0.2) is 0 Å². The Hall–Kier alpha value is -0.920. The molecular formula is C7H8N2O2. The molecule has 0 aromatic heterocycles. The molecule has 4 heteroatoms. The summed E-state index contributed by atoms with van der Waals surface area (Å²) in [6.45, 7) is 0.577. The molecule has 2 fully saturated rings. The molecule has 2 saturated heterocycles. The van der Waals surface area contributed by atoms with Crippen LogP contribution in [0.15, 0.2) is 0 Å². The van der Waals surface area contributed by atoms with Gasteiger partial charge in [-0.3, -0.25) is 9.63 Å². The van der Waals surface area contributed by atoms with E-state index in [2.05, 4.69) is 6.07 Å². The normalized spacial score (nSPS) is 42.1. The Bertz CT molecular complexity index is 233. The summed E-state index contributed by atoms with van der Waals surface area (Å²) in [5.74, 6) is 0.138. The molecule has 1 unspecified atom stereocenters. The predicted molar refractivity (Wildman–Crippen MR) is 35.2 cm³/mol. The lowest BCUT2D eigenvalue weighted by Gasteiger charge is -2.21. The van der Waals surface area contributed by atoms with Crippen molar-refractivity contribution in [2.75, 3.05) is 6.54 Å². The van der Waals surface area contributed by atoms with E-state index in [9.17, 15) is 4.79 Å². The van der Waals surface area contributed by atoms with E-state index in [0.717, 1.165) is 0 Å². The maximum Gasteiger partial charge on any atom is 0.165 e. The summed E-state index contributed by atoms with van der Waals surface area (Å²) in [4.78, 5) is 16.2. The second kappa shape index (κ2) is 2.29. The number of carbonyl (C=O) groups is 1. The number of carbonyl (C=O) groups excluding carboxylic acids is 1. The number of nitriles is 1. The smallest absolute Gasteiger partial charge is 0.165 e. The summed E-state index contributed by atoms with van der Waals surface area (Å²) in [5, 5.41) is 10.2. The van der Waals surface area contributed by atoms with E-state index in [-0.39, 0.29) is 17.9 Å². The van der Waals surface area contributed by atoms with Gasteiger partial charge in [-0.05, 0) is 0 Å². The molecule has 58 valence electrons. The number of hydrogen-bond acceptors (Lipinski definition) is 4. The summed E-state index contributed by atoms with van der Waals surface area (Å²) in [5.41, 5.74) is 0. The van der Waals surface area contributed by atoms with Crippen molar-refractivity contribution in [3.63, 3.8) is 0 Å². The van der Waals surface area contributed by atoms with Crippen molar-refractivity contribution < 1.29 is 9.63 Å². The van der Waals surface area contributed by atoms with E-state index in [4.69, 9.17) is 10.1 Å². The Labute approximate surface area is 64.3 Å². The van der Waals surface area contributed by atoms with E-state index < -0.39 is 0 Å². The second-order valence-corrected chi connectivity index (χ2v) is 2.83. The first kappa shape index (κ1) is 6.77. The molecule has 2 aliphatic heterocycles. The Balaban J connectivity index is 2.17. The Kier molecular flexibility index (Phi) is 1.41. The number of hydrogen-bond donors (Lipinski definition) is 0. The molecule has 2 bridgehead atoms. The van der Waals surface area contributed by atoms with Gasteiger partial charge < -0.3 is 0 Å². The van der Waals surface area contributed by atoms with Crippen LogP contribution in [0, 0.1) is 11.3 Å². The molecule has 0 spiro atoms. The molecule has 0 radical (unpaired) electrons. The monoisotopic (exact) mass is 152 g/mol. The zero-order chi connectivity index (χ0) is 7.84. The minimum absolute atomic E-state index is 0.138. The molecule has 11 heavy (non-hydrogen) atoms. The van der Waals surface area contributed by atoms with Crippen molar-refractivity contribution >= 4 is 5.78 Å². The van der Waals surface area contributed by atoms with Crippen LogP contribution in [-0.4, -0.2) is 29.5 Å². The maximum atomic E-state index is 11.1. The first-order valence-corrected chi connectivity index (χ1v) is 3.67. The predicted octanol–water partition coefficient (Wildman–Crippen LogP) is -0.143. The fraction of sp³-hybridized carbons (Fsp3) is 0.714. The molecule has 0 aromatic rings. The highest BCUT2D eigenvalue weighted by atomic mass is 16.7. The molecule has 2 rings (SSSR count). The molecular weight excluding hydrogens is 144 g/mol. The highest BCUT2D eigenvalue weighted by Gasteiger charge is 2.41. The zero-order valence-corrected chi connectivity index (χ0v) is 5.99. The third-order valence-corrected chi connectivity index (χ3v) is 2.13. The molecule has 2 aliphatic rings. The van der Waals surface area contributed by atoms with Crippen molar-refractivity contribution in [1.29, 1.82) is 5.26 Å². The molecule has 2 heterocycles. The topological polar surface area (TPSA) is 53.3 Å². The standard InChI is InChI=1S/C7H8N2O2/c8-4-5-3-7-6(10)1-2-9(5)11-7/h5,7H,1-3H2/t5-,7+/m0/s1. The second-order valence-electron chi connectivity index (χ2n) is 2.83. The molecule has 3 atom stereocenters. The highest BCUT2D eigenvalue weighted by Crippen LogP contribution is 2.26. The van der Waals surface area contributed by atoms with Gasteiger partial charge in [0.1, 0.15) is 12.1 Å². The average molecular weight is 152 g/mol. The summed E-state index contributed by atoms with van der Waals surface area (Å²) >= 11 is 0. The molecule has 0 saturated carbocycles. The van der Waals surface area contributed by atoms with Crippen LogP contribution in [-0.2, 0) is 9.63 Å². The third-order valence-electron chi connectivity index (χ3n) is 2.13. The van der Waals surface area contributed by atoms with E-state index in [1.54, 1.807) is 5.06 Å². The third kappa shape index (κ3) is 0.934. The van der Waals surface area contributed by atoms with Crippen molar-refractivity contribution in [2.24, 2.45) is 0 Å². The fourth-order valence-corrected chi connectivity index (χ4v) is 1.50. The van der Waals surface area contributed by atoms with Gasteiger partial charge >= 0.3 is 0 Å². The van der Waals surface area contributed by atoms with E-state index >= 15 is 0 Å². The largest absolute Gasteiger partial charge is 0.297 e. The molecule has 4 nitrogen and oxygen atoms in total. The molecule has 0 aromatic carbocycles. The van der Waals surface area contributed by atoms with Gasteiger partial charge in [0.25, 0.3) is 0 Å². The van der Waals surface area contributed by atoms with Gasteiger partial charge in [-0.1, -0.05) is 0 Å². The van der Waals surface area contributed by atoms with Crippen LogP contribution in [0.2, 0.25) is 0 Å². The maximum absolute atomic E-state index is 11.1. The van der Waals surface area contributed by atoms with Crippen molar-refractivity contribution in [1.82, 2.24) is 5.06 Å². The first-order chi connectivity index (χ1) is 5.31. The lowest BCUT2D eigenvalue weighted by Crippen LogP contribution is -2.35. The van der Waals surface area contributed by atoms with Crippen LogP contribution in [0.4, 0.5) is 0 Å². The lowest BCUT2D eigenvalue weighted by molar-refractivity contribution is -0.184. The van der Waals surface area contributed by atoms with Crippen molar-refractivity contribution in [2.45, 2.75) is 25.0 Å². The number of rotatable bonds is 0. The summed E-state index contributed by atoms with van der Waals surface area (Å²) in [6, 6.07) is 1.90. The number of hydroxylamine groups is 2. The van der Waals surface area contributed by atoms with Gasteiger partial charge in [0.05, 0.1) is 6.07 Å². The van der Waals surface area contributed by atoms with Crippen molar-refractivity contribution in [3.05, 3.63) is 0 Å². The molecule has 0 aliphatic carbocycles. The first-order valence-electron chi connectivity index (χ1n) is 3.67. The van der Waals surface area contributed by atoms with E-state index in [1.165, 1.54) is 0 Å². The summed E-state index contributed by atoms with van der Waals surface area (Å²) in [7, 11) is 0. The molecule has 0 N–H and O–H groups in total. The SMILES string of the molecule is N#C[C@@H]1C[C@H]2ON1CCC2=O. The van der Waals surface area contributed by atoms with Gasteiger partial charge in [-0.2, -0.15) is 10.3 Å². The Morgan fingerprint density at radius 3 is 3.18 bits per heavy atom. The van der Waals surface area contributed by atoms with Crippen LogP contribution >= 0.6 is 0 Å². The van der Waals surface area contributed by atoms with Gasteiger partial charge in [0, 0.05) is 19.4 Å². The van der Waals surface area contributed by atoms with Crippen LogP contribution in [0.5, 0.6) is 0 Å². The van der Waals surface area contributed by atoms with E-state index in [0.29, 0.717) is 19.4 Å². The van der Waals surface area contributed by atoms with Gasteiger partial charge in [0.2, 0.25) is 0 Å². The van der Waals surface area contributed by atoms with Crippen LogP contribution < -0.4 is 0 Å². The number of ketones is 1. The quantitative estimate of drug-likeness (QED) is 0.484. The Morgan fingerprint density at radius 2 is 2.55 bits per heavy atom.